The van der Waals surface area contributed by atoms with Crippen LogP contribution < -0.4 is 19.8 Å². The lowest BCUT2D eigenvalue weighted by Crippen LogP contribution is -2.21. The molecule has 34 heavy (non-hydrogen) atoms. The van der Waals surface area contributed by atoms with Gasteiger partial charge < -0.3 is 18.7 Å². The third-order valence-electron chi connectivity index (χ3n) is 5.39. The van der Waals surface area contributed by atoms with Crippen molar-refractivity contribution in [2.24, 2.45) is 0 Å². The van der Waals surface area contributed by atoms with E-state index in [-0.39, 0.29) is 18.0 Å². The molecule has 0 saturated heterocycles. The summed E-state index contributed by atoms with van der Waals surface area (Å²) < 4.78 is 22.8. The number of nitrogens with zero attached hydrogens (tertiary/aromatic N) is 4. The highest BCUT2D eigenvalue weighted by molar-refractivity contribution is 7.17. The number of rotatable bonds is 7. The maximum atomic E-state index is 13.3. The summed E-state index contributed by atoms with van der Waals surface area (Å²) in [4.78, 5) is 22.9. The molecule has 5 rings (SSSR count). The van der Waals surface area contributed by atoms with E-state index >= 15 is 0 Å². The molecule has 3 heterocycles. The van der Waals surface area contributed by atoms with Crippen molar-refractivity contribution < 1.29 is 18.7 Å². The van der Waals surface area contributed by atoms with Crippen LogP contribution in [0.5, 0.6) is 17.2 Å². The monoisotopic (exact) mass is 476 g/mol. The van der Waals surface area contributed by atoms with Gasteiger partial charge in [0.1, 0.15) is 28.6 Å². The molecule has 10 heteroatoms. The first-order valence-electron chi connectivity index (χ1n) is 10.3. The zero-order chi connectivity index (χ0) is 23.7. The van der Waals surface area contributed by atoms with Crippen LogP contribution in [0.2, 0.25) is 0 Å². The van der Waals surface area contributed by atoms with Crippen LogP contribution >= 0.6 is 11.3 Å². The lowest BCUT2D eigenvalue weighted by atomic mass is 10.1. The molecular formula is C24H20N4O5S. The van der Waals surface area contributed by atoms with Gasteiger partial charge >= 0.3 is 0 Å². The standard InChI is InChI=1S/C24H20N4O5S/c1-30-15-6-4-14(5-7-15)18-12-34-23-21(18)24(29)28(13-25-23)11-20-26-22(27-33-20)17-9-8-16(31-2)10-19(17)32-3/h4-10,12-13H,11H2,1-3H3. The molecule has 0 saturated carbocycles. The Bertz CT molecular complexity index is 1520. The largest absolute Gasteiger partial charge is 0.497 e. The third-order valence-corrected chi connectivity index (χ3v) is 6.27. The fraction of sp³-hybridized carbons (Fsp3) is 0.167. The summed E-state index contributed by atoms with van der Waals surface area (Å²) in [7, 11) is 4.75. The van der Waals surface area contributed by atoms with Crippen molar-refractivity contribution in [2.75, 3.05) is 21.3 Å². The molecule has 172 valence electrons. The molecule has 5 aromatic rings. The first-order valence-corrected chi connectivity index (χ1v) is 11.1. The van der Waals surface area contributed by atoms with Crippen LogP contribution in [0.3, 0.4) is 0 Å². The van der Waals surface area contributed by atoms with E-state index < -0.39 is 0 Å². The Balaban J connectivity index is 1.48. The minimum Gasteiger partial charge on any atom is -0.497 e. The van der Waals surface area contributed by atoms with E-state index in [2.05, 4.69) is 15.1 Å². The number of aromatic nitrogens is 4. The molecule has 0 amide bonds. The first-order chi connectivity index (χ1) is 16.6. The van der Waals surface area contributed by atoms with Crippen LogP contribution in [-0.2, 0) is 6.54 Å². The van der Waals surface area contributed by atoms with E-state index in [9.17, 15) is 4.79 Å². The van der Waals surface area contributed by atoms with Crippen LogP contribution in [0.4, 0.5) is 0 Å². The molecule has 0 bridgehead atoms. The summed E-state index contributed by atoms with van der Waals surface area (Å²) in [5, 5.41) is 6.54. The fourth-order valence-corrected chi connectivity index (χ4v) is 4.53. The normalized spacial score (nSPS) is 11.0. The lowest BCUT2D eigenvalue weighted by molar-refractivity contribution is 0.369. The molecule has 9 nitrogen and oxygen atoms in total. The molecule has 0 fully saturated rings. The number of ether oxygens (including phenoxy) is 3. The molecule has 3 aromatic heterocycles. The van der Waals surface area contributed by atoms with Gasteiger partial charge in [-0.2, -0.15) is 4.98 Å². The highest BCUT2D eigenvalue weighted by Gasteiger charge is 2.17. The predicted molar refractivity (Wildman–Crippen MR) is 128 cm³/mol. The van der Waals surface area contributed by atoms with Gasteiger partial charge in [0.2, 0.25) is 11.7 Å². The van der Waals surface area contributed by atoms with Gasteiger partial charge in [-0.05, 0) is 29.8 Å². The Morgan fingerprint density at radius 2 is 1.74 bits per heavy atom. The summed E-state index contributed by atoms with van der Waals surface area (Å²) in [5.74, 6) is 2.58. The average Bonchev–Trinajstić information content (AvgIpc) is 3.53. The fourth-order valence-electron chi connectivity index (χ4n) is 3.62. The molecule has 0 aliphatic carbocycles. The van der Waals surface area contributed by atoms with E-state index in [1.165, 1.54) is 22.2 Å². The number of benzene rings is 2. The van der Waals surface area contributed by atoms with Crippen LogP contribution in [-0.4, -0.2) is 41.0 Å². The van der Waals surface area contributed by atoms with E-state index in [0.717, 1.165) is 16.9 Å². The number of hydrogen-bond donors (Lipinski definition) is 0. The topological polar surface area (TPSA) is 102 Å². The molecule has 0 spiro atoms. The summed E-state index contributed by atoms with van der Waals surface area (Å²) in [5.41, 5.74) is 2.21. The lowest BCUT2D eigenvalue weighted by Gasteiger charge is -2.07. The van der Waals surface area contributed by atoms with Crippen LogP contribution in [0.15, 0.2) is 63.5 Å². The van der Waals surface area contributed by atoms with Gasteiger partial charge in [-0.25, -0.2) is 4.98 Å². The van der Waals surface area contributed by atoms with Gasteiger partial charge in [0, 0.05) is 17.0 Å². The second-order valence-corrected chi connectivity index (χ2v) is 8.17. The Hall–Kier alpha value is -4.18. The average molecular weight is 477 g/mol. The van der Waals surface area contributed by atoms with Gasteiger partial charge in [-0.1, -0.05) is 17.3 Å². The second-order valence-electron chi connectivity index (χ2n) is 7.31. The van der Waals surface area contributed by atoms with E-state index in [1.54, 1.807) is 39.5 Å². The van der Waals surface area contributed by atoms with Gasteiger partial charge in [-0.15, -0.1) is 11.3 Å². The summed E-state index contributed by atoms with van der Waals surface area (Å²) >= 11 is 1.43. The Morgan fingerprint density at radius 1 is 0.971 bits per heavy atom. The Labute approximate surface area is 198 Å². The van der Waals surface area contributed by atoms with Crippen LogP contribution in [0, 0.1) is 0 Å². The molecule has 2 aromatic carbocycles. The second kappa shape index (κ2) is 8.99. The third kappa shape index (κ3) is 3.88. The van der Waals surface area contributed by atoms with Crippen molar-refractivity contribution in [1.29, 1.82) is 0 Å². The predicted octanol–water partition coefficient (Wildman–Crippen LogP) is 4.25. The molecule has 0 aliphatic heterocycles. The van der Waals surface area contributed by atoms with Crippen molar-refractivity contribution in [1.82, 2.24) is 19.7 Å². The highest BCUT2D eigenvalue weighted by atomic mass is 32.1. The maximum Gasteiger partial charge on any atom is 0.263 e. The molecule has 0 unspecified atom stereocenters. The smallest absolute Gasteiger partial charge is 0.263 e. The summed E-state index contributed by atoms with van der Waals surface area (Å²) in [6.45, 7) is 0.0884. The van der Waals surface area contributed by atoms with Gasteiger partial charge in [0.05, 0.1) is 38.6 Å². The molecule has 0 radical (unpaired) electrons. The molecule has 0 N–H and O–H groups in total. The van der Waals surface area contributed by atoms with Crippen molar-refractivity contribution in [2.45, 2.75) is 6.54 Å². The Morgan fingerprint density at radius 3 is 2.47 bits per heavy atom. The highest BCUT2D eigenvalue weighted by Crippen LogP contribution is 2.33. The molecular weight excluding hydrogens is 456 g/mol. The molecule has 0 aliphatic rings. The van der Waals surface area contributed by atoms with Crippen LogP contribution in [0.1, 0.15) is 5.89 Å². The van der Waals surface area contributed by atoms with Crippen molar-refractivity contribution in [3.8, 4) is 39.8 Å². The summed E-state index contributed by atoms with van der Waals surface area (Å²) in [6, 6.07) is 12.9. The first kappa shape index (κ1) is 21.7. The van der Waals surface area contributed by atoms with Gasteiger partial charge in [0.15, 0.2) is 0 Å². The van der Waals surface area contributed by atoms with Crippen molar-refractivity contribution in [3.63, 3.8) is 0 Å². The van der Waals surface area contributed by atoms with Crippen molar-refractivity contribution >= 4 is 21.6 Å². The zero-order valence-electron chi connectivity index (χ0n) is 18.6. The zero-order valence-corrected chi connectivity index (χ0v) is 19.5. The minimum atomic E-state index is -0.182. The number of thiophene rings is 1. The van der Waals surface area contributed by atoms with Crippen LogP contribution in [0.25, 0.3) is 32.7 Å². The molecule has 0 atom stereocenters. The summed E-state index contributed by atoms with van der Waals surface area (Å²) in [6.07, 6.45) is 1.50. The SMILES string of the molecule is COc1ccc(-c2csc3ncn(Cc4nc(-c5ccc(OC)cc5OC)no4)c(=O)c23)cc1. The van der Waals surface area contributed by atoms with E-state index in [0.29, 0.717) is 33.1 Å². The van der Waals surface area contributed by atoms with Gasteiger partial charge in [0.25, 0.3) is 5.56 Å². The quantitative estimate of drug-likeness (QED) is 0.344. The number of fused-ring (bicyclic) bond motifs is 1. The minimum absolute atomic E-state index is 0.0884. The van der Waals surface area contributed by atoms with Crippen molar-refractivity contribution in [3.05, 3.63) is 70.4 Å². The Kier molecular flexibility index (Phi) is 5.72. The van der Waals surface area contributed by atoms with Gasteiger partial charge in [-0.3, -0.25) is 9.36 Å². The van der Waals surface area contributed by atoms with E-state index in [4.69, 9.17) is 18.7 Å². The van der Waals surface area contributed by atoms with E-state index in [1.807, 2.05) is 29.6 Å². The number of hydrogen-bond acceptors (Lipinski definition) is 9. The number of methoxy groups -OCH3 is 3. The maximum absolute atomic E-state index is 13.3.